The van der Waals surface area contributed by atoms with Crippen LogP contribution in [0.25, 0.3) is 10.9 Å². The summed E-state index contributed by atoms with van der Waals surface area (Å²) >= 11 is 12.1. The second kappa shape index (κ2) is 8.93. The molecule has 0 bridgehead atoms. The molecule has 2 fully saturated rings. The van der Waals surface area contributed by atoms with Crippen LogP contribution in [0, 0.1) is 0 Å². The largest absolute Gasteiger partial charge is 0.390 e. The Hall–Kier alpha value is -1.89. The highest BCUT2D eigenvalue weighted by atomic mass is 35.5. The predicted octanol–water partition coefficient (Wildman–Crippen LogP) is 3.91. The van der Waals surface area contributed by atoms with E-state index in [1.54, 1.807) is 0 Å². The molecule has 2 aliphatic rings. The number of piperazine rings is 1. The van der Waals surface area contributed by atoms with E-state index in [2.05, 4.69) is 31.8 Å². The normalized spacial score (nSPS) is 23.0. The maximum Gasteiger partial charge on any atom is 0.0887 e. The van der Waals surface area contributed by atoms with Crippen molar-refractivity contribution in [2.24, 2.45) is 0 Å². The third-order valence-electron chi connectivity index (χ3n) is 6.48. The fraction of sp³-hybridized carbons (Fsp3) is 0.375. The molecule has 0 aliphatic carbocycles. The van der Waals surface area contributed by atoms with E-state index < -0.39 is 0 Å². The molecular weight excluding hydrogens is 431 g/mol. The van der Waals surface area contributed by atoms with Crippen LogP contribution in [0.4, 0.5) is 5.69 Å². The van der Waals surface area contributed by atoms with Gasteiger partial charge in [-0.05, 0) is 42.0 Å². The van der Waals surface area contributed by atoms with E-state index in [9.17, 15) is 5.11 Å². The molecule has 2 saturated heterocycles. The first-order chi connectivity index (χ1) is 15.1. The lowest BCUT2D eigenvalue weighted by Gasteiger charge is -2.38. The van der Waals surface area contributed by atoms with Crippen molar-refractivity contribution in [3.05, 3.63) is 70.3 Å². The zero-order chi connectivity index (χ0) is 21.4. The van der Waals surface area contributed by atoms with Gasteiger partial charge in [-0.25, -0.2) is 0 Å². The van der Waals surface area contributed by atoms with Crippen LogP contribution < -0.4 is 4.90 Å². The van der Waals surface area contributed by atoms with Gasteiger partial charge in [-0.1, -0.05) is 35.3 Å². The molecule has 5 rings (SSSR count). The van der Waals surface area contributed by atoms with Gasteiger partial charge in [0.1, 0.15) is 0 Å². The zero-order valence-corrected chi connectivity index (χ0v) is 18.8. The second-order valence-electron chi connectivity index (χ2n) is 8.47. The fourth-order valence-electron chi connectivity index (χ4n) is 4.81. The van der Waals surface area contributed by atoms with Crippen molar-refractivity contribution < 1.29 is 5.11 Å². The summed E-state index contributed by atoms with van der Waals surface area (Å²) in [5, 5.41) is 13.4. The molecule has 0 unspecified atom stereocenters. The van der Waals surface area contributed by atoms with Gasteiger partial charge in [0.05, 0.1) is 17.7 Å². The van der Waals surface area contributed by atoms with E-state index in [1.807, 2.05) is 42.6 Å². The third kappa shape index (κ3) is 4.52. The van der Waals surface area contributed by atoms with Crippen LogP contribution in [-0.4, -0.2) is 71.3 Å². The molecule has 2 atom stereocenters. The van der Waals surface area contributed by atoms with Gasteiger partial charge >= 0.3 is 0 Å². The predicted molar refractivity (Wildman–Crippen MR) is 127 cm³/mol. The first kappa shape index (κ1) is 21.0. The Morgan fingerprint density at radius 3 is 2.42 bits per heavy atom. The fourth-order valence-corrected chi connectivity index (χ4v) is 5.10. The molecule has 1 N–H and O–H groups in total. The summed E-state index contributed by atoms with van der Waals surface area (Å²) in [6.45, 7) is 6.34. The van der Waals surface area contributed by atoms with Crippen molar-refractivity contribution in [3.8, 4) is 0 Å². The van der Waals surface area contributed by atoms with Gasteiger partial charge in [0.25, 0.3) is 0 Å². The van der Waals surface area contributed by atoms with Crippen molar-refractivity contribution in [2.75, 3.05) is 44.2 Å². The smallest absolute Gasteiger partial charge is 0.0887 e. The molecule has 2 aromatic carbocycles. The van der Waals surface area contributed by atoms with Crippen LogP contribution in [0.5, 0.6) is 0 Å². The van der Waals surface area contributed by atoms with Gasteiger partial charge in [-0.15, -0.1) is 0 Å². The summed E-state index contributed by atoms with van der Waals surface area (Å²) in [5.74, 6) is 0. The topological polar surface area (TPSA) is 42.8 Å². The van der Waals surface area contributed by atoms with Crippen LogP contribution in [-0.2, 0) is 6.54 Å². The number of anilines is 1. The Balaban J connectivity index is 1.23. The number of benzene rings is 2. The molecule has 31 heavy (non-hydrogen) atoms. The van der Waals surface area contributed by atoms with E-state index in [0.717, 1.165) is 60.9 Å². The zero-order valence-electron chi connectivity index (χ0n) is 17.3. The van der Waals surface area contributed by atoms with Gasteiger partial charge < -0.3 is 10.0 Å². The molecule has 0 spiro atoms. The quantitative estimate of drug-likeness (QED) is 0.644. The first-order valence-corrected chi connectivity index (χ1v) is 11.5. The lowest BCUT2D eigenvalue weighted by molar-refractivity contribution is 0.0424. The number of aliphatic hydroxyl groups is 1. The summed E-state index contributed by atoms with van der Waals surface area (Å²) in [7, 11) is 0. The van der Waals surface area contributed by atoms with Gasteiger partial charge in [-0.3, -0.25) is 14.8 Å². The maximum absolute atomic E-state index is 10.9. The Morgan fingerprint density at radius 2 is 1.65 bits per heavy atom. The third-order valence-corrected chi connectivity index (χ3v) is 6.96. The van der Waals surface area contributed by atoms with Crippen LogP contribution in [0.15, 0.2) is 54.7 Å². The minimum atomic E-state index is -0.363. The Kier molecular flexibility index (Phi) is 6.04. The van der Waals surface area contributed by atoms with Crippen molar-refractivity contribution in [1.82, 2.24) is 14.8 Å². The van der Waals surface area contributed by atoms with Crippen LogP contribution in [0.1, 0.15) is 5.56 Å². The molecule has 5 nitrogen and oxygen atoms in total. The lowest BCUT2D eigenvalue weighted by Crippen LogP contribution is -2.53. The molecule has 1 aromatic heterocycles. The monoisotopic (exact) mass is 456 g/mol. The van der Waals surface area contributed by atoms with Crippen molar-refractivity contribution in [2.45, 2.75) is 18.7 Å². The average Bonchev–Trinajstić information content (AvgIpc) is 3.16. The highest BCUT2D eigenvalue weighted by molar-refractivity contribution is 6.31. The van der Waals surface area contributed by atoms with Crippen LogP contribution >= 0.6 is 23.2 Å². The average molecular weight is 457 g/mol. The standard InChI is InChI=1S/C24H26Cl2N4O/c25-18-3-1-17(2-4-18)14-28-9-11-29(12-10-28)23-15-30(16-24(23)31)22-7-8-27-21-13-19(26)5-6-20(21)22/h1-8,13,23-24,31H,9-12,14-16H2/t23-,24-/m1/s1. The summed E-state index contributed by atoms with van der Waals surface area (Å²) in [6.07, 6.45) is 1.46. The van der Waals surface area contributed by atoms with Crippen molar-refractivity contribution in [1.29, 1.82) is 0 Å². The van der Waals surface area contributed by atoms with E-state index in [4.69, 9.17) is 23.2 Å². The number of fused-ring (bicyclic) bond motifs is 1. The van der Waals surface area contributed by atoms with Gasteiger partial charge in [0.15, 0.2) is 0 Å². The number of aliphatic hydroxyl groups excluding tert-OH is 1. The maximum atomic E-state index is 10.9. The SMILES string of the molecule is O[C@@H]1CN(c2ccnc3cc(Cl)ccc23)C[C@H]1N1CCN(Cc2ccc(Cl)cc2)CC1. The van der Waals surface area contributed by atoms with E-state index >= 15 is 0 Å². The molecule has 3 heterocycles. The molecule has 3 aromatic rings. The lowest BCUT2D eigenvalue weighted by atomic mass is 10.1. The van der Waals surface area contributed by atoms with E-state index in [-0.39, 0.29) is 12.1 Å². The van der Waals surface area contributed by atoms with Gasteiger partial charge in [-0.2, -0.15) is 0 Å². The van der Waals surface area contributed by atoms with Crippen molar-refractivity contribution in [3.63, 3.8) is 0 Å². The minimum Gasteiger partial charge on any atom is -0.390 e. The first-order valence-electron chi connectivity index (χ1n) is 10.7. The Morgan fingerprint density at radius 1 is 0.903 bits per heavy atom. The highest BCUT2D eigenvalue weighted by Crippen LogP contribution is 2.31. The molecular formula is C24H26Cl2N4O. The molecule has 0 saturated carbocycles. The number of hydrogen-bond donors (Lipinski definition) is 1. The number of rotatable bonds is 4. The minimum absolute atomic E-state index is 0.146. The van der Waals surface area contributed by atoms with E-state index in [1.165, 1.54) is 5.56 Å². The van der Waals surface area contributed by atoms with Gasteiger partial charge in [0, 0.05) is 73.1 Å². The molecule has 0 amide bonds. The molecule has 7 heteroatoms. The number of hydrogen-bond acceptors (Lipinski definition) is 5. The Labute approximate surface area is 192 Å². The Bertz CT molecular complexity index is 1050. The van der Waals surface area contributed by atoms with E-state index in [0.29, 0.717) is 11.6 Å². The second-order valence-corrected chi connectivity index (χ2v) is 9.34. The molecule has 0 radical (unpaired) electrons. The van der Waals surface area contributed by atoms with Gasteiger partial charge in [0.2, 0.25) is 0 Å². The van der Waals surface area contributed by atoms with Crippen LogP contribution in [0.3, 0.4) is 0 Å². The summed E-state index contributed by atoms with van der Waals surface area (Å²) in [4.78, 5) is 11.7. The van der Waals surface area contributed by atoms with Crippen LogP contribution in [0.2, 0.25) is 10.0 Å². The summed E-state index contributed by atoms with van der Waals surface area (Å²) in [6, 6.07) is 16.1. The number of aromatic nitrogens is 1. The molecule has 162 valence electrons. The number of pyridine rings is 1. The molecule has 2 aliphatic heterocycles. The summed E-state index contributed by atoms with van der Waals surface area (Å²) in [5.41, 5.74) is 3.29. The number of halogens is 2. The highest BCUT2D eigenvalue weighted by Gasteiger charge is 2.37. The summed E-state index contributed by atoms with van der Waals surface area (Å²) < 4.78 is 0. The van der Waals surface area contributed by atoms with Crippen molar-refractivity contribution >= 4 is 39.8 Å². The number of β-amino-alcohol motifs (C(OH)–C–C–N with tert-alkyl or cyclic N) is 1. The number of nitrogens with zero attached hydrogens (tertiary/aromatic N) is 4.